The summed E-state index contributed by atoms with van der Waals surface area (Å²) in [5.41, 5.74) is 8.84. The highest BCUT2D eigenvalue weighted by Gasteiger charge is 2.10. The molecule has 2 N–H and O–H groups in total. The van der Waals surface area contributed by atoms with Crippen LogP contribution in [0.1, 0.15) is 11.3 Å². The van der Waals surface area contributed by atoms with E-state index in [0.29, 0.717) is 0 Å². The Labute approximate surface area is 110 Å². The fourth-order valence-corrected chi connectivity index (χ4v) is 2.71. The van der Waals surface area contributed by atoms with Crippen molar-refractivity contribution in [1.29, 1.82) is 0 Å². The molecule has 0 aliphatic carbocycles. The fraction of sp³-hybridized carbons (Fsp3) is 0.250. The third kappa shape index (κ3) is 2.76. The molecule has 0 aliphatic heterocycles. The highest BCUT2D eigenvalue weighted by molar-refractivity contribution is 7.98. The first-order valence-electron chi connectivity index (χ1n) is 5.24. The van der Waals surface area contributed by atoms with Gasteiger partial charge in [0.15, 0.2) is 0 Å². The molecule has 0 unspecified atom stereocenters. The predicted octanol–water partition coefficient (Wildman–Crippen LogP) is 3.26. The van der Waals surface area contributed by atoms with Gasteiger partial charge in [-0.1, -0.05) is 35.5 Å². The van der Waals surface area contributed by atoms with E-state index in [1.807, 2.05) is 42.9 Å². The summed E-state index contributed by atoms with van der Waals surface area (Å²) in [6, 6.07) is 7.84. The Morgan fingerprint density at radius 2 is 2.00 bits per heavy atom. The molecule has 0 saturated heterocycles. The summed E-state index contributed by atoms with van der Waals surface area (Å²) in [5.74, 6) is 0.861. The van der Waals surface area contributed by atoms with Crippen LogP contribution in [0.2, 0.25) is 5.02 Å². The highest BCUT2D eigenvalue weighted by Crippen LogP contribution is 2.29. The molecule has 17 heavy (non-hydrogen) atoms. The van der Waals surface area contributed by atoms with Crippen LogP contribution in [0.25, 0.3) is 0 Å². The summed E-state index contributed by atoms with van der Waals surface area (Å²) in [7, 11) is 1.91. The minimum Gasteiger partial charge on any atom is -0.395 e. The molecule has 0 radical (unpaired) electrons. The molecule has 0 spiro atoms. The standard InChI is InChI=1S/C12H14ClN3S/c1-8-11(14)12(16(2)15-8)17-7-9-3-5-10(13)6-4-9/h3-6H,7,14H2,1-2H3. The number of nitrogens with two attached hydrogens (primary N) is 1. The van der Waals surface area contributed by atoms with Gasteiger partial charge in [-0.2, -0.15) is 5.10 Å². The van der Waals surface area contributed by atoms with Crippen LogP contribution in [0.15, 0.2) is 29.3 Å². The molecule has 0 fully saturated rings. The number of nitrogens with zero attached hydrogens (tertiary/aromatic N) is 2. The van der Waals surface area contributed by atoms with Crippen LogP contribution in [-0.4, -0.2) is 9.78 Å². The Kier molecular flexibility index (Phi) is 3.64. The maximum atomic E-state index is 5.97. The molecule has 1 heterocycles. The third-order valence-corrected chi connectivity index (χ3v) is 3.99. The molecule has 0 amide bonds. The minimum atomic E-state index is 0.759. The van der Waals surface area contributed by atoms with Crippen LogP contribution < -0.4 is 5.73 Å². The highest BCUT2D eigenvalue weighted by atomic mass is 35.5. The van der Waals surface area contributed by atoms with E-state index in [1.165, 1.54) is 5.56 Å². The molecule has 5 heteroatoms. The number of benzene rings is 1. The maximum Gasteiger partial charge on any atom is 0.117 e. The second-order valence-corrected chi connectivity index (χ2v) is 5.24. The van der Waals surface area contributed by atoms with Gasteiger partial charge in [0.2, 0.25) is 0 Å². The van der Waals surface area contributed by atoms with E-state index in [4.69, 9.17) is 17.3 Å². The molecule has 2 aromatic rings. The molecular weight excluding hydrogens is 254 g/mol. The van der Waals surface area contributed by atoms with Crippen molar-refractivity contribution >= 4 is 29.1 Å². The number of aryl methyl sites for hydroxylation is 2. The molecule has 0 bridgehead atoms. The van der Waals surface area contributed by atoms with E-state index in [1.54, 1.807) is 11.8 Å². The van der Waals surface area contributed by atoms with Crippen molar-refractivity contribution in [2.75, 3.05) is 5.73 Å². The van der Waals surface area contributed by atoms with Gasteiger partial charge in [0.05, 0.1) is 11.4 Å². The van der Waals surface area contributed by atoms with Crippen LogP contribution in [0.3, 0.4) is 0 Å². The number of hydrogen-bond donors (Lipinski definition) is 1. The summed E-state index contributed by atoms with van der Waals surface area (Å²) in [4.78, 5) is 0. The number of anilines is 1. The molecule has 1 aromatic carbocycles. The SMILES string of the molecule is Cc1nn(C)c(SCc2ccc(Cl)cc2)c1N. The number of halogens is 1. The van der Waals surface area contributed by atoms with Gasteiger partial charge in [-0.25, -0.2) is 0 Å². The molecule has 0 atom stereocenters. The molecular formula is C12H14ClN3S. The number of nitrogen functional groups attached to an aromatic ring is 1. The van der Waals surface area contributed by atoms with E-state index < -0.39 is 0 Å². The van der Waals surface area contributed by atoms with Crippen LogP contribution in [0, 0.1) is 6.92 Å². The first-order valence-corrected chi connectivity index (χ1v) is 6.60. The van der Waals surface area contributed by atoms with Gasteiger partial charge < -0.3 is 5.73 Å². The Morgan fingerprint density at radius 1 is 1.35 bits per heavy atom. The van der Waals surface area contributed by atoms with E-state index in [0.717, 1.165) is 27.2 Å². The zero-order valence-corrected chi connectivity index (χ0v) is 11.3. The zero-order chi connectivity index (χ0) is 12.4. The van der Waals surface area contributed by atoms with E-state index in [2.05, 4.69) is 5.10 Å². The summed E-state index contributed by atoms with van der Waals surface area (Å²) in [6.45, 7) is 1.92. The zero-order valence-electron chi connectivity index (χ0n) is 9.77. The fourth-order valence-electron chi connectivity index (χ4n) is 1.56. The second kappa shape index (κ2) is 5.02. The van der Waals surface area contributed by atoms with Crippen molar-refractivity contribution in [3.8, 4) is 0 Å². The van der Waals surface area contributed by atoms with Gasteiger partial charge in [-0.05, 0) is 24.6 Å². The minimum absolute atomic E-state index is 0.759. The summed E-state index contributed by atoms with van der Waals surface area (Å²) in [5, 5.41) is 6.06. The summed E-state index contributed by atoms with van der Waals surface area (Å²) >= 11 is 7.53. The Bertz CT molecular complexity index is 519. The summed E-state index contributed by atoms with van der Waals surface area (Å²) in [6.07, 6.45) is 0. The van der Waals surface area contributed by atoms with E-state index >= 15 is 0 Å². The molecule has 90 valence electrons. The number of hydrogen-bond acceptors (Lipinski definition) is 3. The Morgan fingerprint density at radius 3 is 2.53 bits per heavy atom. The molecule has 0 aliphatic rings. The molecule has 3 nitrogen and oxygen atoms in total. The second-order valence-electron chi connectivity index (χ2n) is 3.84. The van der Waals surface area contributed by atoms with E-state index in [-0.39, 0.29) is 0 Å². The smallest absolute Gasteiger partial charge is 0.117 e. The first kappa shape index (κ1) is 12.3. The molecule has 1 aromatic heterocycles. The normalized spacial score (nSPS) is 10.8. The quantitative estimate of drug-likeness (QED) is 0.868. The van der Waals surface area contributed by atoms with Crippen molar-refractivity contribution in [3.63, 3.8) is 0 Å². The number of aromatic nitrogens is 2. The van der Waals surface area contributed by atoms with Crippen LogP contribution >= 0.6 is 23.4 Å². The lowest BCUT2D eigenvalue weighted by Gasteiger charge is -2.03. The van der Waals surface area contributed by atoms with Gasteiger partial charge >= 0.3 is 0 Å². The molecule has 2 rings (SSSR count). The van der Waals surface area contributed by atoms with Crippen LogP contribution in [0.5, 0.6) is 0 Å². The maximum absolute atomic E-state index is 5.97. The van der Waals surface area contributed by atoms with Crippen molar-refractivity contribution in [2.24, 2.45) is 7.05 Å². The monoisotopic (exact) mass is 267 g/mol. The van der Waals surface area contributed by atoms with Gasteiger partial charge in [-0.3, -0.25) is 4.68 Å². The topological polar surface area (TPSA) is 43.8 Å². The van der Waals surface area contributed by atoms with Crippen molar-refractivity contribution in [1.82, 2.24) is 9.78 Å². The third-order valence-electron chi connectivity index (χ3n) is 2.50. The Hall–Kier alpha value is -1.13. The van der Waals surface area contributed by atoms with Crippen molar-refractivity contribution in [3.05, 3.63) is 40.5 Å². The summed E-state index contributed by atoms with van der Waals surface area (Å²) < 4.78 is 1.82. The van der Waals surface area contributed by atoms with Gasteiger partial charge in [0.25, 0.3) is 0 Å². The van der Waals surface area contributed by atoms with Gasteiger partial charge in [-0.15, -0.1) is 0 Å². The first-order chi connectivity index (χ1) is 8.08. The van der Waals surface area contributed by atoms with Crippen molar-refractivity contribution < 1.29 is 0 Å². The van der Waals surface area contributed by atoms with Crippen molar-refractivity contribution in [2.45, 2.75) is 17.7 Å². The lowest BCUT2D eigenvalue weighted by atomic mass is 10.2. The molecule has 0 saturated carbocycles. The van der Waals surface area contributed by atoms with Gasteiger partial charge in [0.1, 0.15) is 5.03 Å². The van der Waals surface area contributed by atoms with Crippen LogP contribution in [-0.2, 0) is 12.8 Å². The average molecular weight is 268 g/mol. The number of thioether (sulfide) groups is 1. The van der Waals surface area contributed by atoms with Crippen LogP contribution in [0.4, 0.5) is 5.69 Å². The lowest BCUT2D eigenvalue weighted by molar-refractivity contribution is 0.693. The predicted molar refractivity (Wildman–Crippen MR) is 73.4 cm³/mol. The van der Waals surface area contributed by atoms with E-state index in [9.17, 15) is 0 Å². The number of rotatable bonds is 3. The van der Waals surface area contributed by atoms with Gasteiger partial charge in [0, 0.05) is 17.8 Å². The largest absolute Gasteiger partial charge is 0.395 e. The Balaban J connectivity index is 2.09. The lowest BCUT2D eigenvalue weighted by Crippen LogP contribution is -1.94. The average Bonchev–Trinajstić information content (AvgIpc) is 2.54.